The van der Waals surface area contributed by atoms with Crippen molar-refractivity contribution in [1.82, 2.24) is 0 Å². The zero-order valence-corrected chi connectivity index (χ0v) is 9.00. The molecule has 14 heavy (non-hydrogen) atoms. The van der Waals surface area contributed by atoms with E-state index >= 15 is 0 Å². The van der Waals surface area contributed by atoms with Gasteiger partial charge in [0, 0.05) is 6.42 Å². The number of hydrogen-bond acceptors (Lipinski definition) is 4. The van der Waals surface area contributed by atoms with Crippen LogP contribution in [0.5, 0.6) is 0 Å². The van der Waals surface area contributed by atoms with Crippen LogP contribution in [0.15, 0.2) is 0 Å². The van der Waals surface area contributed by atoms with Crippen molar-refractivity contribution in [2.45, 2.75) is 45.1 Å². The second-order valence-corrected chi connectivity index (χ2v) is 3.52. The highest BCUT2D eigenvalue weighted by Crippen LogP contribution is 2.15. The third-order valence-corrected chi connectivity index (χ3v) is 2.12. The number of ether oxygens (including phenoxy) is 1. The first-order chi connectivity index (χ1) is 6.44. The molecule has 0 saturated heterocycles. The highest BCUT2D eigenvalue weighted by Gasteiger charge is 2.28. The molecule has 0 amide bonds. The molecule has 0 spiro atoms. The van der Waals surface area contributed by atoms with Gasteiger partial charge in [0.05, 0.1) is 13.5 Å². The van der Waals surface area contributed by atoms with Gasteiger partial charge in [0.15, 0.2) is 5.78 Å². The molecule has 4 heteroatoms. The zero-order valence-electron chi connectivity index (χ0n) is 9.00. The first-order valence-electron chi connectivity index (χ1n) is 4.76. The van der Waals surface area contributed by atoms with Crippen LogP contribution in [0.1, 0.15) is 39.5 Å². The largest absolute Gasteiger partial charge is 0.469 e. The van der Waals surface area contributed by atoms with Crippen LogP contribution in [-0.2, 0) is 14.3 Å². The van der Waals surface area contributed by atoms with E-state index in [1.165, 1.54) is 14.0 Å². The number of carbonyl (C=O) groups excluding carboxylic acids is 2. The van der Waals surface area contributed by atoms with Crippen molar-refractivity contribution in [2.75, 3.05) is 7.11 Å². The Morgan fingerprint density at radius 1 is 1.36 bits per heavy atom. The fourth-order valence-electron chi connectivity index (χ4n) is 1.21. The van der Waals surface area contributed by atoms with Crippen LogP contribution in [0.4, 0.5) is 0 Å². The lowest BCUT2D eigenvalue weighted by Crippen LogP contribution is -2.35. The van der Waals surface area contributed by atoms with Gasteiger partial charge in [0.2, 0.25) is 0 Å². The predicted octanol–water partition coefficient (Wildman–Crippen LogP) is 1.06. The van der Waals surface area contributed by atoms with E-state index in [4.69, 9.17) is 0 Å². The van der Waals surface area contributed by atoms with E-state index in [1.807, 2.05) is 6.92 Å². The number of Topliss-reactive ketones (excluding diaryl/α,β-unsaturated/α-hetero) is 1. The number of hydrogen-bond donors (Lipinski definition) is 1. The van der Waals surface area contributed by atoms with Crippen molar-refractivity contribution < 1.29 is 19.4 Å². The van der Waals surface area contributed by atoms with Gasteiger partial charge in [-0.1, -0.05) is 13.3 Å². The van der Waals surface area contributed by atoms with Crippen molar-refractivity contribution in [3.8, 4) is 0 Å². The number of esters is 1. The van der Waals surface area contributed by atoms with Crippen LogP contribution in [0.3, 0.4) is 0 Å². The van der Waals surface area contributed by atoms with E-state index in [9.17, 15) is 14.7 Å². The summed E-state index contributed by atoms with van der Waals surface area (Å²) in [5.74, 6) is -0.726. The molecular weight excluding hydrogens is 184 g/mol. The molecule has 0 aromatic carbocycles. The minimum atomic E-state index is -1.30. The Morgan fingerprint density at radius 3 is 2.36 bits per heavy atom. The molecule has 1 unspecified atom stereocenters. The molecule has 0 aliphatic rings. The van der Waals surface area contributed by atoms with Gasteiger partial charge in [-0.15, -0.1) is 0 Å². The second kappa shape index (κ2) is 5.75. The molecule has 0 aliphatic heterocycles. The molecule has 0 aliphatic carbocycles. The fraction of sp³-hybridized carbons (Fsp3) is 0.800. The topological polar surface area (TPSA) is 63.6 Å². The van der Waals surface area contributed by atoms with Gasteiger partial charge in [0.25, 0.3) is 0 Å². The maximum absolute atomic E-state index is 11.4. The van der Waals surface area contributed by atoms with Gasteiger partial charge in [-0.25, -0.2) is 0 Å². The first-order valence-corrected chi connectivity index (χ1v) is 4.76. The third kappa shape index (κ3) is 4.37. The normalized spacial score (nSPS) is 14.6. The summed E-state index contributed by atoms with van der Waals surface area (Å²) in [5.41, 5.74) is -1.30. The summed E-state index contributed by atoms with van der Waals surface area (Å²) in [5, 5.41) is 9.67. The third-order valence-electron chi connectivity index (χ3n) is 2.12. The summed E-state index contributed by atoms with van der Waals surface area (Å²) in [6, 6.07) is 0. The number of aliphatic hydroxyl groups is 1. The average Bonchev–Trinajstić information content (AvgIpc) is 2.13. The van der Waals surface area contributed by atoms with Crippen LogP contribution in [0.2, 0.25) is 0 Å². The van der Waals surface area contributed by atoms with Gasteiger partial charge in [0.1, 0.15) is 5.60 Å². The summed E-state index contributed by atoms with van der Waals surface area (Å²) >= 11 is 0. The minimum Gasteiger partial charge on any atom is -0.469 e. The van der Waals surface area contributed by atoms with Gasteiger partial charge < -0.3 is 9.84 Å². The van der Waals surface area contributed by atoms with E-state index in [2.05, 4.69) is 4.74 Å². The number of ketones is 1. The van der Waals surface area contributed by atoms with Gasteiger partial charge in [-0.2, -0.15) is 0 Å². The number of methoxy groups -OCH3 is 1. The van der Waals surface area contributed by atoms with Gasteiger partial charge >= 0.3 is 5.97 Å². The SMILES string of the molecule is CCCC(C)(O)C(=O)CCC(=O)OC. The standard InChI is InChI=1S/C10H18O4/c1-4-7-10(2,13)8(11)5-6-9(12)14-3/h13H,4-7H2,1-3H3. The van der Waals surface area contributed by atoms with Crippen molar-refractivity contribution >= 4 is 11.8 Å². The molecule has 0 saturated carbocycles. The van der Waals surface area contributed by atoms with Crippen molar-refractivity contribution in [2.24, 2.45) is 0 Å². The predicted molar refractivity (Wildman–Crippen MR) is 51.8 cm³/mol. The Morgan fingerprint density at radius 2 is 1.93 bits per heavy atom. The molecule has 0 radical (unpaired) electrons. The monoisotopic (exact) mass is 202 g/mol. The zero-order chi connectivity index (χ0) is 11.2. The molecule has 0 bridgehead atoms. The lowest BCUT2D eigenvalue weighted by molar-refractivity contribution is -0.144. The number of carbonyl (C=O) groups is 2. The maximum Gasteiger partial charge on any atom is 0.305 e. The molecule has 0 fully saturated rings. The van der Waals surface area contributed by atoms with Crippen LogP contribution in [0.25, 0.3) is 0 Å². The Balaban J connectivity index is 4.01. The van der Waals surface area contributed by atoms with Crippen molar-refractivity contribution in [3.63, 3.8) is 0 Å². The molecule has 0 aromatic rings. The highest BCUT2D eigenvalue weighted by molar-refractivity contribution is 5.89. The lowest BCUT2D eigenvalue weighted by atomic mass is 9.92. The summed E-state index contributed by atoms with van der Waals surface area (Å²) in [6.45, 7) is 3.37. The lowest BCUT2D eigenvalue weighted by Gasteiger charge is -2.20. The fourth-order valence-corrected chi connectivity index (χ4v) is 1.21. The molecule has 0 heterocycles. The summed E-state index contributed by atoms with van der Waals surface area (Å²) < 4.78 is 4.40. The van der Waals surface area contributed by atoms with Gasteiger partial charge in [-0.3, -0.25) is 9.59 Å². The smallest absolute Gasteiger partial charge is 0.305 e. The number of rotatable bonds is 6. The van der Waals surface area contributed by atoms with Crippen molar-refractivity contribution in [3.05, 3.63) is 0 Å². The molecular formula is C10H18O4. The minimum absolute atomic E-state index is 0.0369. The summed E-state index contributed by atoms with van der Waals surface area (Å²) in [7, 11) is 1.27. The molecule has 1 atom stereocenters. The molecule has 0 aromatic heterocycles. The highest BCUT2D eigenvalue weighted by atomic mass is 16.5. The van der Waals surface area contributed by atoms with Crippen LogP contribution in [-0.4, -0.2) is 29.6 Å². The van der Waals surface area contributed by atoms with E-state index in [1.54, 1.807) is 0 Å². The van der Waals surface area contributed by atoms with E-state index in [-0.39, 0.29) is 18.6 Å². The molecule has 4 nitrogen and oxygen atoms in total. The van der Waals surface area contributed by atoms with Crippen molar-refractivity contribution in [1.29, 1.82) is 0 Å². The summed E-state index contributed by atoms with van der Waals surface area (Å²) in [6.07, 6.45) is 1.23. The van der Waals surface area contributed by atoms with Crippen LogP contribution < -0.4 is 0 Å². The quantitative estimate of drug-likeness (QED) is 0.654. The van der Waals surface area contributed by atoms with Crippen LogP contribution >= 0.6 is 0 Å². The van der Waals surface area contributed by atoms with E-state index < -0.39 is 11.6 Å². The van der Waals surface area contributed by atoms with E-state index in [0.29, 0.717) is 6.42 Å². The molecule has 82 valence electrons. The van der Waals surface area contributed by atoms with Gasteiger partial charge in [-0.05, 0) is 13.3 Å². The Labute approximate surface area is 84.3 Å². The molecule has 1 N–H and O–H groups in total. The maximum atomic E-state index is 11.4. The Hall–Kier alpha value is -0.900. The van der Waals surface area contributed by atoms with E-state index in [0.717, 1.165) is 6.42 Å². The van der Waals surface area contributed by atoms with Crippen LogP contribution in [0, 0.1) is 0 Å². The summed E-state index contributed by atoms with van der Waals surface area (Å²) in [4.78, 5) is 22.2. The Kier molecular flexibility index (Phi) is 5.38. The Bertz CT molecular complexity index is 208. The average molecular weight is 202 g/mol. The second-order valence-electron chi connectivity index (χ2n) is 3.52. The molecule has 0 rings (SSSR count). The first kappa shape index (κ1) is 13.1.